The SMILES string of the molecule is CCOc1ccccc1Nc1nccc(Nc2cccc(Br)c2)n1. The molecule has 2 aromatic carbocycles. The molecule has 1 aromatic heterocycles. The van der Waals surface area contributed by atoms with Crippen molar-refractivity contribution in [3.8, 4) is 5.75 Å². The second-order valence-corrected chi connectivity index (χ2v) is 5.87. The van der Waals surface area contributed by atoms with Gasteiger partial charge in [-0.2, -0.15) is 4.98 Å². The summed E-state index contributed by atoms with van der Waals surface area (Å²) in [6.07, 6.45) is 1.71. The van der Waals surface area contributed by atoms with Gasteiger partial charge in [0, 0.05) is 16.4 Å². The lowest BCUT2D eigenvalue weighted by atomic mass is 10.3. The van der Waals surface area contributed by atoms with Crippen LogP contribution in [0.5, 0.6) is 5.75 Å². The first kappa shape index (κ1) is 16.3. The van der Waals surface area contributed by atoms with Crippen LogP contribution in [0.2, 0.25) is 0 Å². The van der Waals surface area contributed by atoms with Gasteiger partial charge in [0.25, 0.3) is 0 Å². The van der Waals surface area contributed by atoms with Crippen molar-refractivity contribution in [1.29, 1.82) is 0 Å². The molecule has 0 bridgehead atoms. The smallest absolute Gasteiger partial charge is 0.229 e. The van der Waals surface area contributed by atoms with E-state index in [1.807, 2.05) is 61.5 Å². The van der Waals surface area contributed by atoms with Crippen LogP contribution in [0.15, 0.2) is 65.3 Å². The fraction of sp³-hybridized carbons (Fsp3) is 0.111. The number of rotatable bonds is 6. The van der Waals surface area contributed by atoms with Gasteiger partial charge in [-0.15, -0.1) is 0 Å². The summed E-state index contributed by atoms with van der Waals surface area (Å²) in [7, 11) is 0. The molecular weight excluding hydrogens is 368 g/mol. The molecule has 0 saturated heterocycles. The number of hydrogen-bond acceptors (Lipinski definition) is 5. The number of ether oxygens (including phenoxy) is 1. The van der Waals surface area contributed by atoms with Gasteiger partial charge in [0.2, 0.25) is 5.95 Å². The van der Waals surface area contributed by atoms with E-state index in [4.69, 9.17) is 4.74 Å². The Balaban J connectivity index is 1.78. The summed E-state index contributed by atoms with van der Waals surface area (Å²) in [5.74, 6) is 1.98. The van der Waals surface area contributed by atoms with E-state index in [2.05, 4.69) is 36.5 Å². The molecule has 0 fully saturated rings. The number of nitrogens with zero attached hydrogens (tertiary/aromatic N) is 2. The fourth-order valence-corrected chi connectivity index (χ4v) is 2.57. The maximum absolute atomic E-state index is 5.61. The van der Waals surface area contributed by atoms with Crippen molar-refractivity contribution < 1.29 is 4.74 Å². The Kier molecular flexibility index (Phi) is 5.28. The van der Waals surface area contributed by atoms with E-state index in [0.29, 0.717) is 18.4 Å². The highest BCUT2D eigenvalue weighted by molar-refractivity contribution is 9.10. The predicted molar refractivity (Wildman–Crippen MR) is 100 cm³/mol. The molecule has 122 valence electrons. The largest absolute Gasteiger partial charge is 0.492 e. The van der Waals surface area contributed by atoms with Crippen LogP contribution < -0.4 is 15.4 Å². The topological polar surface area (TPSA) is 59.1 Å². The molecule has 0 radical (unpaired) electrons. The van der Waals surface area contributed by atoms with Gasteiger partial charge in [-0.3, -0.25) is 0 Å². The van der Waals surface area contributed by atoms with Crippen molar-refractivity contribution in [2.24, 2.45) is 0 Å². The Hall–Kier alpha value is -2.60. The Bertz CT molecular complexity index is 825. The van der Waals surface area contributed by atoms with Crippen LogP contribution in [-0.2, 0) is 0 Å². The van der Waals surface area contributed by atoms with Crippen molar-refractivity contribution >= 4 is 39.1 Å². The molecule has 2 N–H and O–H groups in total. The summed E-state index contributed by atoms with van der Waals surface area (Å²) >= 11 is 3.46. The summed E-state index contributed by atoms with van der Waals surface area (Å²) < 4.78 is 6.61. The molecule has 0 aliphatic carbocycles. The molecule has 0 spiro atoms. The maximum Gasteiger partial charge on any atom is 0.229 e. The molecule has 6 heteroatoms. The van der Waals surface area contributed by atoms with Crippen molar-refractivity contribution in [2.75, 3.05) is 17.2 Å². The van der Waals surface area contributed by atoms with Gasteiger partial charge in [0.15, 0.2) is 0 Å². The first-order chi connectivity index (χ1) is 11.7. The fourth-order valence-electron chi connectivity index (χ4n) is 2.17. The monoisotopic (exact) mass is 384 g/mol. The highest BCUT2D eigenvalue weighted by Gasteiger charge is 2.05. The number of para-hydroxylation sites is 2. The van der Waals surface area contributed by atoms with Crippen LogP contribution in [0.25, 0.3) is 0 Å². The van der Waals surface area contributed by atoms with Gasteiger partial charge in [-0.05, 0) is 43.3 Å². The standard InChI is InChI=1S/C18H17BrN4O/c1-2-24-16-9-4-3-8-15(16)22-18-20-11-10-17(23-18)21-14-7-5-6-13(19)12-14/h3-12H,2H2,1H3,(H2,20,21,22,23). The van der Waals surface area contributed by atoms with Gasteiger partial charge in [-0.1, -0.05) is 34.1 Å². The summed E-state index contributed by atoms with van der Waals surface area (Å²) in [5, 5.41) is 6.46. The zero-order chi connectivity index (χ0) is 16.8. The van der Waals surface area contributed by atoms with Crippen molar-refractivity contribution in [3.63, 3.8) is 0 Å². The molecule has 0 aliphatic rings. The minimum atomic E-state index is 0.502. The summed E-state index contributed by atoms with van der Waals surface area (Å²) in [5.41, 5.74) is 1.78. The molecule has 3 aromatic rings. The third-order valence-electron chi connectivity index (χ3n) is 3.19. The highest BCUT2D eigenvalue weighted by Crippen LogP contribution is 2.26. The second kappa shape index (κ2) is 7.79. The van der Waals surface area contributed by atoms with Crippen molar-refractivity contribution in [2.45, 2.75) is 6.92 Å². The van der Waals surface area contributed by atoms with Crippen LogP contribution in [0, 0.1) is 0 Å². The third kappa shape index (κ3) is 4.23. The van der Waals surface area contributed by atoms with Crippen LogP contribution in [-0.4, -0.2) is 16.6 Å². The molecule has 0 unspecified atom stereocenters. The van der Waals surface area contributed by atoms with Gasteiger partial charge in [0.1, 0.15) is 11.6 Å². The van der Waals surface area contributed by atoms with E-state index in [0.717, 1.165) is 21.6 Å². The molecule has 24 heavy (non-hydrogen) atoms. The highest BCUT2D eigenvalue weighted by atomic mass is 79.9. The van der Waals surface area contributed by atoms with E-state index in [1.54, 1.807) is 6.20 Å². The molecule has 0 aliphatic heterocycles. The zero-order valence-corrected chi connectivity index (χ0v) is 14.7. The van der Waals surface area contributed by atoms with Crippen LogP contribution in [0.3, 0.4) is 0 Å². The zero-order valence-electron chi connectivity index (χ0n) is 13.2. The Labute approximate surface area is 149 Å². The number of anilines is 4. The normalized spacial score (nSPS) is 10.2. The van der Waals surface area contributed by atoms with Gasteiger partial charge < -0.3 is 15.4 Å². The van der Waals surface area contributed by atoms with E-state index in [1.165, 1.54) is 0 Å². The van der Waals surface area contributed by atoms with Crippen molar-refractivity contribution in [3.05, 3.63) is 65.3 Å². The Morgan fingerprint density at radius 2 is 1.92 bits per heavy atom. The lowest BCUT2D eigenvalue weighted by Gasteiger charge is -2.12. The molecular formula is C18H17BrN4O. The maximum atomic E-state index is 5.61. The average Bonchev–Trinajstić information content (AvgIpc) is 2.57. The van der Waals surface area contributed by atoms with E-state index < -0.39 is 0 Å². The van der Waals surface area contributed by atoms with Crippen molar-refractivity contribution in [1.82, 2.24) is 9.97 Å². The lowest BCUT2D eigenvalue weighted by Crippen LogP contribution is -2.02. The molecule has 0 saturated carbocycles. The van der Waals surface area contributed by atoms with Gasteiger partial charge in [-0.25, -0.2) is 4.98 Å². The van der Waals surface area contributed by atoms with E-state index in [-0.39, 0.29) is 0 Å². The summed E-state index contributed by atoms with van der Waals surface area (Å²) in [6, 6.07) is 17.4. The average molecular weight is 385 g/mol. The third-order valence-corrected chi connectivity index (χ3v) is 3.68. The van der Waals surface area contributed by atoms with Gasteiger partial charge in [0.05, 0.1) is 12.3 Å². The molecule has 3 rings (SSSR count). The predicted octanol–water partition coefficient (Wildman–Crippen LogP) is 5.13. The quantitative estimate of drug-likeness (QED) is 0.617. The van der Waals surface area contributed by atoms with Crippen LogP contribution in [0.4, 0.5) is 23.1 Å². The first-order valence-corrected chi connectivity index (χ1v) is 8.38. The molecule has 0 atom stereocenters. The minimum absolute atomic E-state index is 0.502. The van der Waals surface area contributed by atoms with Crippen LogP contribution >= 0.6 is 15.9 Å². The summed E-state index contributed by atoms with van der Waals surface area (Å²) in [6.45, 7) is 2.56. The number of benzene rings is 2. The Morgan fingerprint density at radius 3 is 2.75 bits per heavy atom. The molecule has 5 nitrogen and oxygen atoms in total. The second-order valence-electron chi connectivity index (χ2n) is 4.96. The number of aromatic nitrogens is 2. The van der Waals surface area contributed by atoms with Gasteiger partial charge >= 0.3 is 0 Å². The lowest BCUT2D eigenvalue weighted by molar-refractivity contribution is 0.342. The van der Waals surface area contributed by atoms with Crippen LogP contribution in [0.1, 0.15) is 6.92 Å². The van der Waals surface area contributed by atoms with E-state index in [9.17, 15) is 0 Å². The molecule has 0 amide bonds. The molecule has 1 heterocycles. The minimum Gasteiger partial charge on any atom is -0.492 e. The first-order valence-electron chi connectivity index (χ1n) is 7.59. The number of hydrogen-bond donors (Lipinski definition) is 2. The van der Waals surface area contributed by atoms with E-state index >= 15 is 0 Å². The number of nitrogens with one attached hydrogen (secondary N) is 2. The number of halogens is 1. The Morgan fingerprint density at radius 1 is 1.04 bits per heavy atom. The summed E-state index contributed by atoms with van der Waals surface area (Å²) in [4.78, 5) is 8.76.